The summed E-state index contributed by atoms with van der Waals surface area (Å²) in [7, 11) is 0. The lowest BCUT2D eigenvalue weighted by Crippen LogP contribution is -2.36. The van der Waals surface area contributed by atoms with Crippen LogP contribution in [0.3, 0.4) is 0 Å². The molecule has 1 atom stereocenters. The molecule has 0 saturated carbocycles. The van der Waals surface area contributed by atoms with Crippen molar-refractivity contribution >= 4 is 5.91 Å². The highest BCUT2D eigenvalue weighted by molar-refractivity contribution is 5.98. The molecule has 0 bridgehead atoms. The Morgan fingerprint density at radius 3 is 2.67 bits per heavy atom. The van der Waals surface area contributed by atoms with Crippen LogP contribution in [0, 0.1) is 13.8 Å². The standard InChI is InChI=1S/C13H17NO/c1-4-10-7-14-13(15)12-9(3)6-5-8(2)11(10)12/h5-6,10H,4,7H2,1-3H3,(H,14,15). The molecule has 1 aromatic carbocycles. The van der Waals surface area contributed by atoms with Crippen molar-refractivity contribution in [2.45, 2.75) is 33.1 Å². The number of aryl methyl sites for hydroxylation is 2. The van der Waals surface area contributed by atoms with Crippen molar-refractivity contribution in [2.24, 2.45) is 0 Å². The molecule has 0 radical (unpaired) electrons. The number of nitrogens with one attached hydrogen (secondary N) is 1. The van der Waals surface area contributed by atoms with E-state index >= 15 is 0 Å². The van der Waals surface area contributed by atoms with Crippen molar-refractivity contribution in [3.05, 3.63) is 34.4 Å². The number of carbonyl (C=O) groups is 1. The van der Waals surface area contributed by atoms with E-state index < -0.39 is 0 Å². The Morgan fingerprint density at radius 2 is 2.00 bits per heavy atom. The number of fused-ring (bicyclic) bond motifs is 1. The largest absolute Gasteiger partial charge is 0.351 e. The molecule has 2 nitrogen and oxygen atoms in total. The molecule has 1 aliphatic rings. The summed E-state index contributed by atoms with van der Waals surface area (Å²) in [5, 5.41) is 2.97. The van der Waals surface area contributed by atoms with Gasteiger partial charge in [-0.05, 0) is 37.0 Å². The molecular formula is C13H17NO. The van der Waals surface area contributed by atoms with Crippen LogP contribution in [0.2, 0.25) is 0 Å². The number of amides is 1. The predicted molar refractivity (Wildman–Crippen MR) is 61.3 cm³/mol. The highest BCUT2D eigenvalue weighted by atomic mass is 16.1. The molecule has 0 aliphatic carbocycles. The third-order valence-corrected chi connectivity index (χ3v) is 3.31. The van der Waals surface area contributed by atoms with E-state index in [4.69, 9.17) is 0 Å². The van der Waals surface area contributed by atoms with E-state index in [9.17, 15) is 4.79 Å². The molecule has 0 fully saturated rings. The fourth-order valence-electron chi connectivity index (χ4n) is 2.42. The van der Waals surface area contributed by atoms with Gasteiger partial charge in [0.2, 0.25) is 0 Å². The van der Waals surface area contributed by atoms with Gasteiger partial charge in [-0.1, -0.05) is 19.1 Å². The zero-order valence-corrected chi connectivity index (χ0v) is 9.55. The maximum Gasteiger partial charge on any atom is 0.251 e. The number of carbonyl (C=O) groups excluding carboxylic acids is 1. The Morgan fingerprint density at radius 1 is 1.33 bits per heavy atom. The summed E-state index contributed by atoms with van der Waals surface area (Å²) in [6.45, 7) is 7.07. The predicted octanol–water partition coefficient (Wildman–Crippen LogP) is 2.54. The van der Waals surface area contributed by atoms with Gasteiger partial charge < -0.3 is 5.32 Å². The van der Waals surface area contributed by atoms with Crippen molar-refractivity contribution in [3.8, 4) is 0 Å². The maximum atomic E-state index is 11.8. The summed E-state index contributed by atoms with van der Waals surface area (Å²) >= 11 is 0. The normalized spacial score (nSPS) is 19.7. The van der Waals surface area contributed by atoms with Crippen LogP contribution in [-0.4, -0.2) is 12.5 Å². The van der Waals surface area contributed by atoms with Gasteiger partial charge in [0.25, 0.3) is 5.91 Å². The van der Waals surface area contributed by atoms with Gasteiger partial charge in [-0.15, -0.1) is 0 Å². The second-order valence-electron chi connectivity index (χ2n) is 4.30. The topological polar surface area (TPSA) is 29.1 Å². The summed E-state index contributed by atoms with van der Waals surface area (Å²) in [4.78, 5) is 11.8. The van der Waals surface area contributed by atoms with E-state index in [0.717, 1.165) is 24.1 Å². The van der Waals surface area contributed by atoms with E-state index in [1.54, 1.807) is 0 Å². The summed E-state index contributed by atoms with van der Waals surface area (Å²) in [6, 6.07) is 4.15. The molecule has 0 aromatic heterocycles. The van der Waals surface area contributed by atoms with Gasteiger partial charge in [-0.3, -0.25) is 4.79 Å². The number of hydrogen-bond donors (Lipinski definition) is 1. The van der Waals surface area contributed by atoms with Gasteiger partial charge >= 0.3 is 0 Å². The molecule has 1 N–H and O–H groups in total. The van der Waals surface area contributed by atoms with Crippen molar-refractivity contribution in [1.82, 2.24) is 5.32 Å². The molecule has 1 unspecified atom stereocenters. The van der Waals surface area contributed by atoms with Crippen LogP contribution in [-0.2, 0) is 0 Å². The first-order valence-corrected chi connectivity index (χ1v) is 5.53. The molecule has 0 saturated heterocycles. The van der Waals surface area contributed by atoms with Crippen LogP contribution < -0.4 is 5.32 Å². The first-order chi connectivity index (χ1) is 7.15. The van der Waals surface area contributed by atoms with Gasteiger partial charge in [0.05, 0.1) is 0 Å². The van der Waals surface area contributed by atoms with Gasteiger partial charge in [0.1, 0.15) is 0 Å². The Labute approximate surface area is 90.7 Å². The third-order valence-electron chi connectivity index (χ3n) is 3.31. The van der Waals surface area contributed by atoms with E-state index in [0.29, 0.717) is 5.92 Å². The Balaban J connectivity index is 2.65. The molecule has 80 valence electrons. The zero-order chi connectivity index (χ0) is 11.0. The second-order valence-corrected chi connectivity index (χ2v) is 4.30. The molecular weight excluding hydrogens is 186 g/mol. The van der Waals surface area contributed by atoms with Crippen LogP contribution in [0.4, 0.5) is 0 Å². The second kappa shape index (κ2) is 3.69. The lowest BCUT2D eigenvalue weighted by molar-refractivity contribution is 0.0939. The van der Waals surface area contributed by atoms with Crippen molar-refractivity contribution in [2.75, 3.05) is 6.54 Å². The van der Waals surface area contributed by atoms with Gasteiger partial charge in [-0.25, -0.2) is 0 Å². The summed E-state index contributed by atoms with van der Waals surface area (Å²) in [6.07, 6.45) is 1.08. The Kier molecular flexibility index (Phi) is 2.51. The maximum absolute atomic E-state index is 11.8. The smallest absolute Gasteiger partial charge is 0.251 e. The molecule has 1 aliphatic heterocycles. The van der Waals surface area contributed by atoms with E-state index in [1.165, 1.54) is 11.1 Å². The van der Waals surface area contributed by atoms with Crippen LogP contribution in [0.15, 0.2) is 12.1 Å². The summed E-state index contributed by atoms with van der Waals surface area (Å²) < 4.78 is 0. The van der Waals surface area contributed by atoms with Crippen molar-refractivity contribution in [1.29, 1.82) is 0 Å². The van der Waals surface area contributed by atoms with Crippen LogP contribution in [0.5, 0.6) is 0 Å². The summed E-state index contributed by atoms with van der Waals surface area (Å²) in [5.41, 5.74) is 4.51. The lowest BCUT2D eigenvalue weighted by Gasteiger charge is -2.27. The van der Waals surface area contributed by atoms with Gasteiger partial charge in [0, 0.05) is 18.0 Å². The quantitative estimate of drug-likeness (QED) is 0.746. The van der Waals surface area contributed by atoms with Crippen molar-refractivity contribution in [3.63, 3.8) is 0 Å². The Hall–Kier alpha value is -1.31. The fraction of sp³-hybridized carbons (Fsp3) is 0.462. The minimum Gasteiger partial charge on any atom is -0.351 e. The van der Waals surface area contributed by atoms with Crippen LogP contribution in [0.1, 0.15) is 46.3 Å². The van der Waals surface area contributed by atoms with E-state index in [1.807, 2.05) is 13.0 Å². The van der Waals surface area contributed by atoms with E-state index in [2.05, 4.69) is 25.2 Å². The summed E-state index contributed by atoms with van der Waals surface area (Å²) in [5.74, 6) is 0.577. The monoisotopic (exact) mass is 203 g/mol. The lowest BCUT2D eigenvalue weighted by atomic mass is 9.83. The first-order valence-electron chi connectivity index (χ1n) is 5.53. The van der Waals surface area contributed by atoms with Crippen molar-refractivity contribution < 1.29 is 4.79 Å². The van der Waals surface area contributed by atoms with Gasteiger partial charge in [0.15, 0.2) is 0 Å². The third kappa shape index (κ3) is 1.54. The minimum atomic E-state index is 0.0934. The van der Waals surface area contributed by atoms with E-state index in [-0.39, 0.29) is 5.91 Å². The van der Waals surface area contributed by atoms with Gasteiger partial charge in [-0.2, -0.15) is 0 Å². The average molecular weight is 203 g/mol. The van der Waals surface area contributed by atoms with Crippen LogP contribution >= 0.6 is 0 Å². The number of benzene rings is 1. The molecule has 15 heavy (non-hydrogen) atoms. The average Bonchev–Trinajstić information content (AvgIpc) is 2.23. The molecule has 2 rings (SSSR count). The zero-order valence-electron chi connectivity index (χ0n) is 9.55. The highest BCUT2D eigenvalue weighted by Gasteiger charge is 2.26. The molecule has 1 amide bonds. The SMILES string of the molecule is CCC1CNC(=O)c2c(C)ccc(C)c21. The highest BCUT2D eigenvalue weighted by Crippen LogP contribution is 2.31. The van der Waals surface area contributed by atoms with Crippen LogP contribution in [0.25, 0.3) is 0 Å². The number of rotatable bonds is 1. The molecule has 2 heteroatoms. The fourth-order valence-corrected chi connectivity index (χ4v) is 2.42. The molecule has 1 heterocycles. The molecule has 1 aromatic rings. The molecule has 0 spiro atoms. The first kappa shape index (κ1) is 10.2. The number of hydrogen-bond acceptors (Lipinski definition) is 1. The minimum absolute atomic E-state index is 0.0934. The Bertz CT molecular complexity index is 409.